The van der Waals surface area contributed by atoms with Crippen LogP contribution in [0, 0.1) is 18.3 Å². The summed E-state index contributed by atoms with van der Waals surface area (Å²) in [6.45, 7) is 9.86. The lowest BCUT2D eigenvalue weighted by molar-refractivity contribution is -0.145. The van der Waals surface area contributed by atoms with Crippen LogP contribution in [0.1, 0.15) is 65.1 Å². The third-order valence-corrected chi connectivity index (χ3v) is 5.12. The maximum atomic E-state index is 13.7. The van der Waals surface area contributed by atoms with Gasteiger partial charge in [-0.2, -0.15) is 0 Å². The van der Waals surface area contributed by atoms with Crippen molar-refractivity contribution < 1.29 is 33.8 Å². The SMILES string of the molecule is C#Cc1ccc(C(C(=O)NCCC(=O)OCC)N(CCO)C(=O)C(NC(=O)OC(C)(C)C)C(C)C)cc1. The molecule has 0 aromatic heterocycles. The zero-order valence-corrected chi connectivity index (χ0v) is 22.5. The van der Waals surface area contributed by atoms with Crippen LogP contribution in [0.2, 0.25) is 0 Å². The van der Waals surface area contributed by atoms with E-state index in [1.54, 1.807) is 65.8 Å². The van der Waals surface area contributed by atoms with Crippen LogP contribution in [0.25, 0.3) is 0 Å². The van der Waals surface area contributed by atoms with Crippen LogP contribution in [0.15, 0.2) is 24.3 Å². The van der Waals surface area contributed by atoms with E-state index in [-0.39, 0.29) is 32.0 Å². The van der Waals surface area contributed by atoms with Crippen molar-refractivity contribution in [2.45, 2.75) is 65.6 Å². The van der Waals surface area contributed by atoms with Gasteiger partial charge in [0.2, 0.25) is 11.8 Å². The van der Waals surface area contributed by atoms with Crippen molar-refractivity contribution >= 4 is 23.9 Å². The minimum absolute atomic E-state index is 0.0124. The van der Waals surface area contributed by atoms with Gasteiger partial charge >= 0.3 is 12.1 Å². The fraction of sp³-hybridized carbons (Fsp3) is 0.556. The molecule has 0 saturated carbocycles. The van der Waals surface area contributed by atoms with E-state index in [1.807, 2.05) is 0 Å². The average molecular weight is 518 g/mol. The molecular formula is C27H39N3O7. The zero-order chi connectivity index (χ0) is 28.2. The molecule has 0 radical (unpaired) electrons. The monoisotopic (exact) mass is 517 g/mol. The summed E-state index contributed by atoms with van der Waals surface area (Å²) in [5, 5.41) is 15.0. The van der Waals surface area contributed by atoms with Crippen LogP contribution in [0.4, 0.5) is 4.79 Å². The summed E-state index contributed by atoms with van der Waals surface area (Å²) < 4.78 is 10.2. The van der Waals surface area contributed by atoms with Crippen molar-refractivity contribution in [1.29, 1.82) is 0 Å². The fourth-order valence-electron chi connectivity index (χ4n) is 3.45. The normalized spacial score (nSPS) is 12.6. The van der Waals surface area contributed by atoms with Gasteiger partial charge in [0.05, 0.1) is 19.6 Å². The van der Waals surface area contributed by atoms with Crippen molar-refractivity contribution in [3.8, 4) is 12.3 Å². The Morgan fingerprint density at radius 3 is 2.24 bits per heavy atom. The molecule has 0 aliphatic heterocycles. The lowest BCUT2D eigenvalue weighted by Crippen LogP contribution is -2.55. The van der Waals surface area contributed by atoms with E-state index in [2.05, 4.69) is 16.6 Å². The Morgan fingerprint density at radius 1 is 1.14 bits per heavy atom. The Bertz CT molecular complexity index is 962. The highest BCUT2D eigenvalue weighted by Crippen LogP contribution is 2.24. The maximum absolute atomic E-state index is 13.7. The second-order valence-electron chi connectivity index (χ2n) is 9.64. The van der Waals surface area contributed by atoms with Gasteiger partial charge in [-0.05, 0) is 51.3 Å². The van der Waals surface area contributed by atoms with E-state index in [0.29, 0.717) is 11.1 Å². The largest absolute Gasteiger partial charge is 0.466 e. The minimum atomic E-state index is -1.17. The molecule has 204 valence electrons. The van der Waals surface area contributed by atoms with Gasteiger partial charge in [-0.1, -0.05) is 31.9 Å². The van der Waals surface area contributed by atoms with Crippen molar-refractivity contribution in [3.05, 3.63) is 35.4 Å². The van der Waals surface area contributed by atoms with E-state index in [4.69, 9.17) is 15.9 Å². The van der Waals surface area contributed by atoms with Gasteiger partial charge < -0.3 is 30.1 Å². The second-order valence-corrected chi connectivity index (χ2v) is 9.64. The number of nitrogens with zero attached hydrogens (tertiary/aromatic N) is 1. The standard InChI is InChI=1S/C27H39N3O7/c1-8-19-10-12-20(13-11-19)23(24(33)28-15-14-21(32)36-9-2)30(16-17-31)25(34)22(18(3)4)29-26(35)37-27(5,6)7/h1,10-13,18,22-23,31H,9,14-17H2,2-7H3,(H,28,33)(H,29,35). The van der Waals surface area contributed by atoms with Gasteiger partial charge in [0.25, 0.3) is 0 Å². The number of amides is 3. The van der Waals surface area contributed by atoms with Crippen molar-refractivity contribution in [3.63, 3.8) is 0 Å². The maximum Gasteiger partial charge on any atom is 0.408 e. The molecule has 0 aliphatic rings. The Balaban J connectivity index is 3.34. The van der Waals surface area contributed by atoms with Crippen LogP contribution < -0.4 is 10.6 Å². The van der Waals surface area contributed by atoms with E-state index < -0.39 is 48.2 Å². The lowest BCUT2D eigenvalue weighted by atomic mass is 9.98. The van der Waals surface area contributed by atoms with Crippen LogP contribution in [-0.4, -0.2) is 71.8 Å². The van der Waals surface area contributed by atoms with Crippen LogP contribution in [0.5, 0.6) is 0 Å². The van der Waals surface area contributed by atoms with E-state index in [9.17, 15) is 24.3 Å². The molecular weight excluding hydrogens is 478 g/mol. The van der Waals surface area contributed by atoms with E-state index in [0.717, 1.165) is 0 Å². The molecule has 0 aliphatic carbocycles. The molecule has 10 heteroatoms. The molecule has 3 N–H and O–H groups in total. The summed E-state index contributed by atoms with van der Waals surface area (Å²) in [7, 11) is 0. The third-order valence-electron chi connectivity index (χ3n) is 5.12. The molecule has 1 aromatic rings. The van der Waals surface area contributed by atoms with E-state index >= 15 is 0 Å². The lowest BCUT2D eigenvalue weighted by Gasteiger charge is -2.35. The first-order chi connectivity index (χ1) is 17.3. The number of carbonyl (C=O) groups is 4. The number of terminal acetylenes is 1. The summed E-state index contributed by atoms with van der Waals surface area (Å²) in [5.74, 6) is 0.512. The van der Waals surface area contributed by atoms with Gasteiger partial charge in [-0.25, -0.2) is 4.79 Å². The van der Waals surface area contributed by atoms with Gasteiger partial charge in [0.1, 0.15) is 17.7 Å². The molecule has 1 rings (SSSR count). The number of aliphatic hydroxyl groups excluding tert-OH is 1. The zero-order valence-electron chi connectivity index (χ0n) is 22.5. The molecule has 0 heterocycles. The molecule has 2 atom stereocenters. The number of carbonyl (C=O) groups excluding carboxylic acids is 4. The molecule has 0 saturated heterocycles. The summed E-state index contributed by atoms with van der Waals surface area (Å²) in [5.41, 5.74) is 0.241. The third kappa shape index (κ3) is 10.5. The number of esters is 1. The smallest absolute Gasteiger partial charge is 0.408 e. The number of hydrogen-bond donors (Lipinski definition) is 3. The van der Waals surface area contributed by atoms with Crippen LogP contribution in [0.3, 0.4) is 0 Å². The van der Waals surface area contributed by atoms with Gasteiger partial charge in [0.15, 0.2) is 0 Å². The van der Waals surface area contributed by atoms with Gasteiger partial charge in [-0.3, -0.25) is 14.4 Å². The van der Waals surface area contributed by atoms with Crippen LogP contribution >= 0.6 is 0 Å². The van der Waals surface area contributed by atoms with Gasteiger partial charge in [0, 0.05) is 18.7 Å². The van der Waals surface area contributed by atoms with Crippen molar-refractivity contribution in [2.75, 3.05) is 26.3 Å². The Morgan fingerprint density at radius 2 is 1.76 bits per heavy atom. The average Bonchev–Trinajstić information content (AvgIpc) is 2.81. The Labute approximate surface area is 219 Å². The topological polar surface area (TPSA) is 134 Å². The molecule has 0 bridgehead atoms. The molecule has 3 amide bonds. The quantitative estimate of drug-likeness (QED) is 0.286. The first-order valence-corrected chi connectivity index (χ1v) is 12.2. The first-order valence-electron chi connectivity index (χ1n) is 12.2. The molecule has 0 fully saturated rings. The summed E-state index contributed by atoms with van der Waals surface area (Å²) in [6, 6.07) is 4.29. The summed E-state index contributed by atoms with van der Waals surface area (Å²) in [4.78, 5) is 52.5. The highest BCUT2D eigenvalue weighted by Gasteiger charge is 2.37. The summed E-state index contributed by atoms with van der Waals surface area (Å²) in [6.07, 6.45) is 4.62. The molecule has 2 unspecified atom stereocenters. The highest BCUT2D eigenvalue weighted by molar-refractivity contribution is 5.92. The number of alkyl carbamates (subject to hydrolysis) is 1. The predicted molar refractivity (Wildman–Crippen MR) is 138 cm³/mol. The predicted octanol–water partition coefficient (Wildman–Crippen LogP) is 2.15. The highest BCUT2D eigenvalue weighted by atomic mass is 16.6. The number of rotatable bonds is 12. The van der Waals surface area contributed by atoms with Crippen LogP contribution in [-0.2, 0) is 23.9 Å². The molecule has 10 nitrogen and oxygen atoms in total. The number of ether oxygens (including phenoxy) is 2. The van der Waals surface area contributed by atoms with E-state index in [1.165, 1.54) is 4.90 Å². The summed E-state index contributed by atoms with van der Waals surface area (Å²) >= 11 is 0. The van der Waals surface area contributed by atoms with Gasteiger partial charge in [-0.15, -0.1) is 6.42 Å². The molecule has 37 heavy (non-hydrogen) atoms. The number of benzene rings is 1. The number of nitrogens with one attached hydrogen (secondary N) is 2. The first kappa shape index (κ1) is 31.4. The molecule has 0 spiro atoms. The Kier molecular flexibility index (Phi) is 12.6. The number of aliphatic hydroxyl groups is 1. The second kappa shape index (κ2) is 14.9. The number of hydrogen-bond acceptors (Lipinski definition) is 7. The Hall–Kier alpha value is -3.58. The van der Waals surface area contributed by atoms with Crippen molar-refractivity contribution in [2.24, 2.45) is 5.92 Å². The minimum Gasteiger partial charge on any atom is -0.466 e. The van der Waals surface area contributed by atoms with Crippen molar-refractivity contribution in [1.82, 2.24) is 15.5 Å². The fourth-order valence-corrected chi connectivity index (χ4v) is 3.45. The molecule has 1 aromatic carbocycles.